The number of hydrogen-bond acceptors (Lipinski definition) is 6. The lowest BCUT2D eigenvalue weighted by molar-refractivity contribution is 0.0472. The van der Waals surface area contributed by atoms with Crippen LogP contribution in [0.15, 0.2) is 59.5 Å². The van der Waals surface area contributed by atoms with Crippen LogP contribution in [-0.4, -0.2) is 38.6 Å². The summed E-state index contributed by atoms with van der Waals surface area (Å²) in [6.07, 6.45) is 4.31. The maximum atomic E-state index is 11.9. The third kappa shape index (κ3) is 8.69. The van der Waals surface area contributed by atoms with E-state index < -0.39 is 10.4 Å². The molecule has 2 aromatic carbocycles. The molecule has 0 N–H and O–H groups in total. The molecular formula is C17H20O6S2. The van der Waals surface area contributed by atoms with E-state index >= 15 is 0 Å². The highest BCUT2D eigenvalue weighted by molar-refractivity contribution is 7.95. The van der Waals surface area contributed by atoms with Crippen LogP contribution in [-0.2, 0) is 36.8 Å². The zero-order chi connectivity index (χ0) is 18.9. The summed E-state index contributed by atoms with van der Waals surface area (Å²) in [4.78, 5) is 13.1. The summed E-state index contributed by atoms with van der Waals surface area (Å²) in [5.41, 5.74) is 1.60. The molecule has 136 valence electrons. The van der Waals surface area contributed by atoms with E-state index in [9.17, 15) is 17.8 Å². The van der Waals surface area contributed by atoms with Crippen LogP contribution in [0.5, 0.6) is 0 Å². The fraction of sp³-hybridized carbons (Fsp3) is 0.235. The number of esters is 1. The summed E-state index contributed by atoms with van der Waals surface area (Å²) >= 11 is 0. The quantitative estimate of drug-likeness (QED) is 0.340. The van der Waals surface area contributed by atoms with E-state index in [1.165, 1.54) is 4.90 Å². The standard InChI is InChI=1S/C16H17O2S.CH4O4S/c1-19(2)15-10-8-14(9-11-15)16(17)18-12-13-6-4-3-5-7-13;1-5-6(2,3)4/h3-11H,12H2,1-2H3;1H3,(H,2,3,4)/q+1;/p-1. The maximum absolute atomic E-state index is 11.9. The van der Waals surface area contributed by atoms with Crippen molar-refractivity contribution in [3.05, 3.63) is 65.7 Å². The molecule has 0 aliphatic rings. The second-order valence-electron chi connectivity index (χ2n) is 4.98. The average Bonchev–Trinajstić information content (AvgIpc) is 2.60. The molecule has 0 amide bonds. The Morgan fingerprint density at radius 1 is 1.04 bits per heavy atom. The summed E-state index contributed by atoms with van der Waals surface area (Å²) in [6, 6.07) is 17.3. The van der Waals surface area contributed by atoms with Gasteiger partial charge in [0.25, 0.3) is 0 Å². The Kier molecular flexibility index (Phi) is 8.64. The van der Waals surface area contributed by atoms with E-state index in [0.717, 1.165) is 12.7 Å². The number of carbonyl (C=O) groups excluding carboxylic acids is 1. The van der Waals surface area contributed by atoms with Crippen molar-refractivity contribution in [2.24, 2.45) is 0 Å². The van der Waals surface area contributed by atoms with Crippen molar-refractivity contribution in [3.63, 3.8) is 0 Å². The maximum Gasteiger partial charge on any atom is 0.338 e. The van der Waals surface area contributed by atoms with Crippen LogP contribution < -0.4 is 0 Å². The molecule has 0 aromatic heterocycles. The number of carbonyl (C=O) groups is 1. The highest BCUT2D eigenvalue weighted by Gasteiger charge is 2.11. The second-order valence-corrected chi connectivity index (χ2v) is 8.23. The molecule has 0 bridgehead atoms. The second kappa shape index (κ2) is 10.2. The Hall–Kier alpha value is -1.87. The van der Waals surface area contributed by atoms with Crippen LogP contribution in [0.1, 0.15) is 15.9 Å². The lowest BCUT2D eigenvalue weighted by Gasteiger charge is -2.05. The van der Waals surface area contributed by atoms with Crippen molar-refractivity contribution in [2.75, 3.05) is 19.6 Å². The minimum Gasteiger partial charge on any atom is -0.726 e. The van der Waals surface area contributed by atoms with Crippen molar-refractivity contribution in [2.45, 2.75) is 11.5 Å². The van der Waals surface area contributed by atoms with Gasteiger partial charge in [0.05, 0.1) is 12.7 Å². The fourth-order valence-corrected chi connectivity index (χ4v) is 2.35. The van der Waals surface area contributed by atoms with Crippen molar-refractivity contribution in [3.8, 4) is 0 Å². The molecule has 2 aromatic rings. The smallest absolute Gasteiger partial charge is 0.338 e. The van der Waals surface area contributed by atoms with E-state index in [0.29, 0.717) is 12.2 Å². The first-order valence-corrected chi connectivity index (χ1v) is 10.5. The zero-order valence-electron chi connectivity index (χ0n) is 14.2. The van der Waals surface area contributed by atoms with Crippen LogP contribution in [0.3, 0.4) is 0 Å². The lowest BCUT2D eigenvalue weighted by Crippen LogP contribution is -2.05. The van der Waals surface area contributed by atoms with Crippen molar-refractivity contribution in [1.29, 1.82) is 0 Å². The zero-order valence-corrected chi connectivity index (χ0v) is 15.8. The van der Waals surface area contributed by atoms with Gasteiger partial charge in [-0.25, -0.2) is 13.2 Å². The number of rotatable bonds is 5. The average molecular weight is 384 g/mol. The van der Waals surface area contributed by atoms with E-state index in [-0.39, 0.29) is 16.9 Å². The highest BCUT2D eigenvalue weighted by atomic mass is 32.3. The molecule has 25 heavy (non-hydrogen) atoms. The normalized spacial score (nSPS) is 10.8. The molecule has 0 heterocycles. The van der Waals surface area contributed by atoms with Crippen LogP contribution in [0.25, 0.3) is 0 Å². The minimum atomic E-state index is -4.41. The van der Waals surface area contributed by atoms with Crippen LogP contribution in [0.2, 0.25) is 0 Å². The van der Waals surface area contributed by atoms with Gasteiger partial charge in [0.1, 0.15) is 19.1 Å². The largest absolute Gasteiger partial charge is 0.726 e. The van der Waals surface area contributed by atoms with Gasteiger partial charge in [0.2, 0.25) is 10.4 Å². The van der Waals surface area contributed by atoms with E-state index in [1.54, 1.807) is 0 Å². The lowest BCUT2D eigenvalue weighted by atomic mass is 10.2. The monoisotopic (exact) mass is 384 g/mol. The van der Waals surface area contributed by atoms with Gasteiger partial charge < -0.3 is 9.29 Å². The van der Waals surface area contributed by atoms with Gasteiger partial charge in [-0.3, -0.25) is 4.18 Å². The van der Waals surface area contributed by atoms with Gasteiger partial charge in [0, 0.05) is 10.9 Å². The van der Waals surface area contributed by atoms with Crippen molar-refractivity contribution in [1.82, 2.24) is 0 Å². The number of benzene rings is 2. The molecule has 0 aliphatic heterocycles. The third-order valence-electron chi connectivity index (χ3n) is 2.98. The van der Waals surface area contributed by atoms with Gasteiger partial charge in [-0.1, -0.05) is 30.3 Å². The molecule has 0 unspecified atom stereocenters. The van der Waals surface area contributed by atoms with Gasteiger partial charge in [-0.2, -0.15) is 0 Å². The molecule has 6 nitrogen and oxygen atoms in total. The van der Waals surface area contributed by atoms with Crippen LogP contribution >= 0.6 is 0 Å². The summed E-state index contributed by atoms with van der Waals surface area (Å²) in [6.45, 7) is 0.313. The Bertz CT molecular complexity index is 755. The van der Waals surface area contributed by atoms with Gasteiger partial charge in [-0.15, -0.1) is 0 Å². The summed E-state index contributed by atoms with van der Waals surface area (Å²) in [5.74, 6) is -0.275. The first kappa shape index (κ1) is 21.2. The van der Waals surface area contributed by atoms with Crippen LogP contribution in [0.4, 0.5) is 0 Å². The molecular weight excluding hydrogens is 364 g/mol. The fourth-order valence-electron chi connectivity index (χ4n) is 1.67. The third-order valence-corrected chi connectivity index (χ3v) is 4.60. The number of ether oxygens (including phenoxy) is 1. The van der Waals surface area contributed by atoms with Crippen LogP contribution in [0, 0.1) is 0 Å². The molecule has 8 heteroatoms. The molecule has 0 aliphatic carbocycles. The Labute approximate surface area is 151 Å². The predicted molar refractivity (Wildman–Crippen MR) is 96.2 cm³/mol. The molecule has 0 saturated heterocycles. The SMILES string of the molecule is COS(=O)(=O)[O-].C[S+](C)c1ccc(C(=O)OCc2ccccc2)cc1. The molecule has 0 atom stereocenters. The van der Waals surface area contributed by atoms with Gasteiger partial charge in [0.15, 0.2) is 4.90 Å². The summed E-state index contributed by atoms with van der Waals surface area (Å²) < 4.78 is 36.3. The molecule has 0 fully saturated rings. The van der Waals surface area contributed by atoms with Crippen molar-refractivity contribution < 1.29 is 26.7 Å². The Morgan fingerprint density at radius 3 is 2.00 bits per heavy atom. The predicted octanol–water partition coefficient (Wildman–Crippen LogP) is 2.37. The molecule has 0 spiro atoms. The first-order chi connectivity index (χ1) is 11.7. The Morgan fingerprint density at radius 2 is 1.56 bits per heavy atom. The van der Waals surface area contributed by atoms with E-state index in [4.69, 9.17) is 4.74 Å². The Balaban J connectivity index is 0.000000450. The molecule has 0 radical (unpaired) electrons. The van der Waals surface area contributed by atoms with Gasteiger partial charge >= 0.3 is 5.97 Å². The summed E-state index contributed by atoms with van der Waals surface area (Å²) in [7, 11) is -3.39. The minimum absolute atomic E-state index is 0.214. The summed E-state index contributed by atoms with van der Waals surface area (Å²) in [5, 5.41) is 0. The van der Waals surface area contributed by atoms with Gasteiger partial charge in [-0.05, 0) is 29.8 Å². The van der Waals surface area contributed by atoms with E-state index in [2.05, 4.69) is 16.7 Å². The molecule has 0 saturated carbocycles. The van der Waals surface area contributed by atoms with E-state index in [1.807, 2.05) is 54.6 Å². The number of hydrogen-bond donors (Lipinski definition) is 0. The first-order valence-electron chi connectivity index (χ1n) is 7.13. The van der Waals surface area contributed by atoms with Crippen molar-refractivity contribution >= 4 is 27.3 Å². The molecule has 2 rings (SSSR count). The topological polar surface area (TPSA) is 92.7 Å². The highest BCUT2D eigenvalue weighted by Crippen LogP contribution is 2.12.